The van der Waals surface area contributed by atoms with Crippen molar-refractivity contribution in [3.63, 3.8) is 0 Å². The zero-order valence-electron chi connectivity index (χ0n) is 18.0. The lowest BCUT2D eigenvalue weighted by Crippen LogP contribution is -2.50. The highest BCUT2D eigenvalue weighted by Crippen LogP contribution is 2.55. The molecule has 0 fully saturated rings. The van der Waals surface area contributed by atoms with Crippen molar-refractivity contribution in [3.8, 4) is 5.75 Å². The Kier molecular flexibility index (Phi) is 8.72. The maximum absolute atomic E-state index is 14.5. The smallest absolute Gasteiger partial charge is 0.433 e. The number of nitrogens with zero attached hydrogens (tertiary/aromatic N) is 2. The molecule has 0 aliphatic heterocycles. The molecule has 18 heteroatoms. The number of anilines is 2. The van der Waals surface area contributed by atoms with Gasteiger partial charge in [-0.15, -0.1) is 11.3 Å². The van der Waals surface area contributed by atoms with Gasteiger partial charge in [0.05, 0.1) is 12.2 Å². The second-order valence-corrected chi connectivity index (χ2v) is 9.71. The lowest BCUT2D eigenvalue weighted by Gasteiger charge is -2.31. The van der Waals surface area contributed by atoms with Gasteiger partial charge in [-0.1, -0.05) is 17.7 Å². The number of amides is 1. The lowest BCUT2D eigenvalue weighted by molar-refractivity contribution is -0.348. The number of ether oxygens (including phenoxy) is 1. The number of alkyl halides is 9. The Morgan fingerprint density at radius 2 is 1.76 bits per heavy atom. The molecule has 3 aromatic rings. The summed E-state index contributed by atoms with van der Waals surface area (Å²) in [5.74, 6) is -2.32. The molecular formula is C20H11BrClF9N4O2S. The fourth-order valence-electron chi connectivity index (χ4n) is 2.96. The third-order valence-corrected chi connectivity index (χ3v) is 6.38. The molecule has 2 aromatic heterocycles. The first-order chi connectivity index (χ1) is 17.5. The van der Waals surface area contributed by atoms with Gasteiger partial charge in [0.25, 0.3) is 5.91 Å². The Morgan fingerprint density at radius 1 is 1.11 bits per heavy atom. The van der Waals surface area contributed by atoms with Crippen molar-refractivity contribution in [2.24, 2.45) is 0 Å². The highest BCUT2D eigenvalue weighted by molar-refractivity contribution is 9.10. The van der Waals surface area contributed by atoms with Gasteiger partial charge in [-0.05, 0) is 40.2 Å². The van der Waals surface area contributed by atoms with Crippen molar-refractivity contribution >= 4 is 56.3 Å². The summed E-state index contributed by atoms with van der Waals surface area (Å²) in [6, 6.07) is 3.84. The molecule has 3 rings (SSSR count). The lowest BCUT2D eigenvalue weighted by atomic mass is 9.93. The molecule has 2 N–H and O–H groups in total. The summed E-state index contributed by atoms with van der Waals surface area (Å²) in [4.78, 5) is 21.3. The SMILES string of the molecule is O=C(Nc1c(Br)cc(C(F)(C(F)(F)F)C(F)(F)F)cc1OC(F)F)c1cccc(NCc2cnc(Cl)s2)n1. The Labute approximate surface area is 224 Å². The van der Waals surface area contributed by atoms with Crippen molar-refractivity contribution in [1.29, 1.82) is 0 Å². The number of nitrogens with one attached hydrogen (secondary N) is 2. The summed E-state index contributed by atoms with van der Waals surface area (Å²) in [7, 11) is 0. The minimum Gasteiger partial charge on any atom is -0.433 e. The molecule has 0 radical (unpaired) electrons. The molecule has 0 saturated heterocycles. The molecule has 1 aromatic carbocycles. The summed E-state index contributed by atoms with van der Waals surface area (Å²) in [5, 5.41) is 4.88. The maximum Gasteiger partial charge on any atom is 0.435 e. The fourth-order valence-corrected chi connectivity index (χ4v) is 4.42. The standard InChI is InChI=1S/C20H11BrClF9N4O2S/c21-10-4-8(18(25,19(26,27)28)20(29,30)31)5-12(37-17(23)24)14(10)35-15(36)11-2-1-3-13(34-11)32-6-9-7-33-16(22)38-9/h1-5,7,17H,6H2,(H,32,34)(H,35,36). The number of pyridine rings is 1. The monoisotopic (exact) mass is 656 g/mol. The van der Waals surface area contributed by atoms with Gasteiger partial charge >= 0.3 is 24.6 Å². The van der Waals surface area contributed by atoms with Crippen LogP contribution in [0.5, 0.6) is 5.75 Å². The number of thiazole rings is 1. The topological polar surface area (TPSA) is 76.1 Å². The van der Waals surface area contributed by atoms with E-state index in [2.05, 4.69) is 36.0 Å². The Bertz CT molecular complexity index is 1310. The van der Waals surface area contributed by atoms with Crippen LogP contribution in [0.1, 0.15) is 20.9 Å². The van der Waals surface area contributed by atoms with Crippen molar-refractivity contribution in [3.05, 3.63) is 61.6 Å². The van der Waals surface area contributed by atoms with Crippen LogP contribution in [-0.4, -0.2) is 34.8 Å². The van der Waals surface area contributed by atoms with E-state index in [1.54, 1.807) is 0 Å². The molecule has 2 heterocycles. The highest BCUT2D eigenvalue weighted by atomic mass is 79.9. The molecule has 0 atom stereocenters. The van der Waals surface area contributed by atoms with E-state index in [0.29, 0.717) is 4.88 Å². The number of benzene rings is 1. The van der Waals surface area contributed by atoms with Gasteiger partial charge < -0.3 is 15.4 Å². The molecular weight excluding hydrogens is 647 g/mol. The zero-order chi connectivity index (χ0) is 28.5. The third-order valence-electron chi connectivity index (χ3n) is 4.64. The van der Waals surface area contributed by atoms with Crippen molar-refractivity contribution in [1.82, 2.24) is 9.97 Å². The average Bonchev–Trinajstić information content (AvgIpc) is 3.22. The van der Waals surface area contributed by atoms with Crippen molar-refractivity contribution in [2.45, 2.75) is 31.2 Å². The minimum atomic E-state index is -6.51. The first-order valence-corrected chi connectivity index (χ1v) is 11.8. The van der Waals surface area contributed by atoms with Crippen LogP contribution in [0.4, 0.5) is 51.0 Å². The van der Waals surface area contributed by atoms with Crippen LogP contribution >= 0.6 is 38.9 Å². The summed E-state index contributed by atoms with van der Waals surface area (Å²) in [5.41, 5.74) is -9.17. The van der Waals surface area contributed by atoms with Crippen LogP contribution in [0.15, 0.2) is 41.0 Å². The van der Waals surface area contributed by atoms with Crippen LogP contribution in [0.3, 0.4) is 0 Å². The van der Waals surface area contributed by atoms with Gasteiger partial charge in [-0.25, -0.2) is 14.4 Å². The Morgan fingerprint density at radius 3 is 2.32 bits per heavy atom. The number of hydrogen-bond donors (Lipinski definition) is 2. The van der Waals surface area contributed by atoms with Gasteiger partial charge in [-0.3, -0.25) is 4.79 Å². The molecule has 0 aliphatic rings. The van der Waals surface area contributed by atoms with Crippen LogP contribution in [0.25, 0.3) is 0 Å². The molecule has 206 valence electrons. The minimum absolute atomic E-state index is 0.0422. The van der Waals surface area contributed by atoms with Gasteiger partial charge in [0, 0.05) is 21.1 Å². The van der Waals surface area contributed by atoms with Crippen LogP contribution < -0.4 is 15.4 Å². The van der Waals surface area contributed by atoms with Gasteiger partial charge in [0.1, 0.15) is 11.5 Å². The van der Waals surface area contributed by atoms with Crippen molar-refractivity contribution < 1.29 is 49.0 Å². The van der Waals surface area contributed by atoms with E-state index in [-0.39, 0.29) is 34.7 Å². The Hall–Kier alpha value is -2.79. The number of rotatable bonds is 8. The average molecular weight is 658 g/mol. The van der Waals surface area contributed by atoms with E-state index in [9.17, 15) is 44.3 Å². The van der Waals surface area contributed by atoms with Crippen LogP contribution in [-0.2, 0) is 12.2 Å². The molecule has 6 nitrogen and oxygen atoms in total. The molecule has 0 saturated carbocycles. The molecule has 0 aliphatic carbocycles. The largest absolute Gasteiger partial charge is 0.435 e. The molecule has 0 bridgehead atoms. The molecule has 1 amide bonds. The van der Waals surface area contributed by atoms with E-state index in [4.69, 9.17) is 11.6 Å². The summed E-state index contributed by atoms with van der Waals surface area (Å²) in [6.07, 6.45) is -11.5. The van der Waals surface area contributed by atoms with Gasteiger partial charge in [0.2, 0.25) is 0 Å². The van der Waals surface area contributed by atoms with Crippen molar-refractivity contribution in [2.75, 3.05) is 10.6 Å². The normalized spacial score (nSPS) is 12.5. The predicted molar refractivity (Wildman–Crippen MR) is 122 cm³/mol. The van der Waals surface area contributed by atoms with E-state index >= 15 is 0 Å². The molecule has 0 spiro atoms. The second-order valence-electron chi connectivity index (χ2n) is 7.16. The van der Waals surface area contributed by atoms with Gasteiger partial charge in [-0.2, -0.15) is 35.1 Å². The van der Waals surface area contributed by atoms with E-state index in [1.807, 2.05) is 5.32 Å². The molecule has 38 heavy (non-hydrogen) atoms. The first kappa shape index (κ1) is 29.8. The zero-order valence-corrected chi connectivity index (χ0v) is 21.2. The predicted octanol–water partition coefficient (Wildman–Crippen LogP) is 7.71. The van der Waals surface area contributed by atoms with E-state index < -0.39 is 52.0 Å². The quantitative estimate of drug-likeness (QED) is 0.243. The fraction of sp³-hybridized carbons (Fsp3) is 0.250. The van der Waals surface area contributed by atoms with E-state index in [1.165, 1.54) is 35.7 Å². The molecule has 0 unspecified atom stereocenters. The summed E-state index contributed by atoms with van der Waals surface area (Å²) < 4.78 is 123. The first-order valence-electron chi connectivity index (χ1n) is 9.76. The number of halogens is 11. The Balaban J connectivity index is 1.94. The number of hydrogen-bond acceptors (Lipinski definition) is 6. The van der Waals surface area contributed by atoms with Crippen LogP contribution in [0.2, 0.25) is 4.47 Å². The van der Waals surface area contributed by atoms with E-state index in [0.717, 1.165) is 0 Å². The third kappa shape index (κ3) is 6.43. The number of aromatic nitrogens is 2. The summed E-state index contributed by atoms with van der Waals surface area (Å²) >= 11 is 9.50. The van der Waals surface area contributed by atoms with Crippen LogP contribution in [0, 0.1) is 0 Å². The number of carbonyl (C=O) groups excluding carboxylic acids is 1. The second kappa shape index (κ2) is 11.1. The maximum atomic E-state index is 14.5. The highest BCUT2D eigenvalue weighted by Gasteiger charge is 2.73. The summed E-state index contributed by atoms with van der Waals surface area (Å²) in [6.45, 7) is -3.55. The number of carbonyl (C=O) groups is 1. The van der Waals surface area contributed by atoms with Gasteiger partial charge in [0.15, 0.2) is 10.2 Å².